The Bertz CT molecular complexity index is 1460. The highest BCUT2D eigenvalue weighted by Crippen LogP contribution is 2.40. The van der Waals surface area contributed by atoms with E-state index in [4.69, 9.17) is 14.7 Å². The Labute approximate surface area is 240 Å². The molecule has 2 fully saturated rings. The molecule has 216 valence electrons. The molecule has 1 amide bonds. The van der Waals surface area contributed by atoms with Gasteiger partial charge in [-0.3, -0.25) is 9.69 Å². The molecule has 2 aliphatic heterocycles. The van der Waals surface area contributed by atoms with Crippen molar-refractivity contribution in [2.75, 3.05) is 44.7 Å². The van der Waals surface area contributed by atoms with E-state index in [0.717, 1.165) is 46.3 Å². The number of aromatic hydroxyl groups is 1. The Balaban J connectivity index is 1.33. The molecule has 3 aromatic rings. The minimum Gasteiger partial charge on any atom is -0.508 e. The summed E-state index contributed by atoms with van der Waals surface area (Å²) in [7, 11) is 1.92. The summed E-state index contributed by atoms with van der Waals surface area (Å²) in [6, 6.07) is 12.2. The van der Waals surface area contributed by atoms with E-state index in [1.54, 1.807) is 0 Å². The Morgan fingerprint density at radius 3 is 2.80 bits per heavy atom. The number of hydrogen-bond donors (Lipinski definition) is 1. The lowest BCUT2D eigenvalue weighted by molar-refractivity contribution is -0.126. The first kappa shape index (κ1) is 27.4. The van der Waals surface area contributed by atoms with Crippen molar-refractivity contribution in [3.63, 3.8) is 0 Å². The molecule has 0 unspecified atom stereocenters. The fourth-order valence-corrected chi connectivity index (χ4v) is 6.78. The number of nitrogens with zero attached hydrogens (tertiary/aromatic N) is 5. The van der Waals surface area contributed by atoms with Crippen molar-refractivity contribution in [3.8, 4) is 11.8 Å². The zero-order chi connectivity index (χ0) is 28.7. The van der Waals surface area contributed by atoms with Gasteiger partial charge in [0, 0.05) is 43.8 Å². The number of phenolic OH excluding ortho intramolecular Hbond substituents is 1. The summed E-state index contributed by atoms with van der Waals surface area (Å²) in [5.74, 6) is 1.26. The molecule has 3 heterocycles. The largest absolute Gasteiger partial charge is 0.508 e. The van der Waals surface area contributed by atoms with Gasteiger partial charge in [0.2, 0.25) is 5.91 Å². The van der Waals surface area contributed by atoms with E-state index in [2.05, 4.69) is 24.5 Å². The van der Waals surface area contributed by atoms with Gasteiger partial charge in [-0.05, 0) is 80.1 Å². The smallest absolute Gasteiger partial charge is 0.318 e. The van der Waals surface area contributed by atoms with Gasteiger partial charge < -0.3 is 19.6 Å². The van der Waals surface area contributed by atoms with Gasteiger partial charge in [0.15, 0.2) is 0 Å². The number of fused-ring (bicyclic) bond motifs is 2. The number of likely N-dealkylation sites (tertiary alicyclic amines) is 1. The van der Waals surface area contributed by atoms with Gasteiger partial charge in [0.1, 0.15) is 24.3 Å². The Morgan fingerprint density at radius 1 is 1.22 bits per heavy atom. The van der Waals surface area contributed by atoms with Crippen molar-refractivity contribution >= 4 is 22.5 Å². The van der Waals surface area contributed by atoms with Crippen LogP contribution in [-0.2, 0) is 17.6 Å². The first-order chi connectivity index (χ1) is 19.8. The van der Waals surface area contributed by atoms with E-state index in [0.29, 0.717) is 51.6 Å². The number of rotatable bonds is 6. The van der Waals surface area contributed by atoms with Gasteiger partial charge in [-0.1, -0.05) is 30.8 Å². The van der Waals surface area contributed by atoms with Crippen molar-refractivity contribution in [2.45, 2.75) is 56.8 Å². The topological polar surface area (TPSA) is 82.0 Å². The third-order valence-corrected chi connectivity index (χ3v) is 8.98. The molecule has 1 N–H and O–H groups in total. The van der Waals surface area contributed by atoms with Crippen molar-refractivity contribution in [2.24, 2.45) is 0 Å². The first-order valence-corrected chi connectivity index (χ1v) is 14.6. The average Bonchev–Trinajstić information content (AvgIpc) is 3.30. The van der Waals surface area contributed by atoms with Gasteiger partial charge in [-0.2, -0.15) is 9.97 Å². The molecule has 0 radical (unpaired) electrons. The van der Waals surface area contributed by atoms with Gasteiger partial charge in [-0.15, -0.1) is 0 Å². The maximum Gasteiger partial charge on any atom is 0.318 e. The second kappa shape index (κ2) is 11.3. The average molecular weight is 560 g/mol. The number of carbonyl (C=O) groups is 1. The molecular weight excluding hydrogens is 521 g/mol. The van der Waals surface area contributed by atoms with Crippen LogP contribution in [0, 0.1) is 0 Å². The molecule has 4 atom stereocenters. The number of amides is 1. The number of likely N-dealkylation sites (N-methyl/N-ethyl adjacent to an activating group) is 1. The molecule has 0 saturated carbocycles. The van der Waals surface area contributed by atoms with E-state index < -0.39 is 6.17 Å². The number of piperazine rings is 1. The van der Waals surface area contributed by atoms with Crippen molar-refractivity contribution in [1.29, 1.82) is 0 Å². The number of carbonyl (C=O) groups excluding carboxylic acids is 1. The summed E-state index contributed by atoms with van der Waals surface area (Å²) in [5.41, 5.74) is 3.20. The number of hydrogen-bond acceptors (Lipinski definition) is 7. The standard InChI is InChI=1S/C32H38FN5O3/c1-4-30(40)37-11-12-38(20(2)17-37)31-27-10-9-22(28-16-25(39)13-21-7-5-6-8-26(21)28)14-29(27)34-32(35-31)41-19-24-15-23(33)18-36(24)3/h4-8,13,16,20,22-24,39H,1,9-12,14-15,17-19H2,2-3H3/t20-,22-,23+,24-/m0/s1. The minimum absolute atomic E-state index is 0.0214. The molecule has 2 aromatic carbocycles. The molecule has 1 aromatic heterocycles. The van der Waals surface area contributed by atoms with Crippen LogP contribution < -0.4 is 9.64 Å². The normalized spacial score (nSPS) is 24.9. The van der Waals surface area contributed by atoms with Crippen LogP contribution in [0.15, 0.2) is 49.1 Å². The van der Waals surface area contributed by atoms with Crippen LogP contribution in [0.4, 0.5) is 10.2 Å². The fraction of sp³-hybridized carbons (Fsp3) is 0.469. The maximum atomic E-state index is 14.0. The SMILES string of the molecule is C=CC(=O)N1CCN(c2nc(OC[C@@H]3C[C@@H](F)CN3C)nc3c2CC[C@H](c2cc(O)cc4ccccc24)C3)[C@@H](C)C1. The van der Waals surface area contributed by atoms with Crippen LogP contribution in [0.3, 0.4) is 0 Å². The lowest BCUT2D eigenvalue weighted by Gasteiger charge is -2.41. The molecule has 8 nitrogen and oxygen atoms in total. The Hall–Kier alpha value is -3.72. The van der Waals surface area contributed by atoms with Crippen molar-refractivity contribution < 1.29 is 19.0 Å². The van der Waals surface area contributed by atoms with Crippen molar-refractivity contribution in [1.82, 2.24) is 19.8 Å². The van der Waals surface area contributed by atoms with E-state index in [9.17, 15) is 14.3 Å². The Morgan fingerprint density at radius 2 is 2.05 bits per heavy atom. The van der Waals surface area contributed by atoms with Crippen LogP contribution >= 0.6 is 0 Å². The predicted molar refractivity (Wildman–Crippen MR) is 157 cm³/mol. The molecule has 2 saturated heterocycles. The highest BCUT2D eigenvalue weighted by molar-refractivity contribution is 5.88. The first-order valence-electron chi connectivity index (χ1n) is 14.6. The van der Waals surface area contributed by atoms with Crippen LogP contribution in [0.2, 0.25) is 0 Å². The third-order valence-electron chi connectivity index (χ3n) is 8.98. The lowest BCUT2D eigenvalue weighted by Crippen LogP contribution is -2.54. The maximum absolute atomic E-state index is 14.0. The second-order valence-corrected chi connectivity index (χ2v) is 11.7. The third kappa shape index (κ3) is 5.47. The molecule has 0 bridgehead atoms. The fourth-order valence-electron chi connectivity index (χ4n) is 6.78. The molecule has 6 rings (SSSR count). The second-order valence-electron chi connectivity index (χ2n) is 11.7. The summed E-state index contributed by atoms with van der Waals surface area (Å²) in [4.78, 5) is 28.2. The van der Waals surface area contributed by atoms with Crippen LogP contribution in [-0.4, -0.2) is 88.9 Å². The van der Waals surface area contributed by atoms with Crippen LogP contribution in [0.1, 0.15) is 42.5 Å². The van der Waals surface area contributed by atoms with Gasteiger partial charge in [0.25, 0.3) is 0 Å². The predicted octanol–water partition coefficient (Wildman–Crippen LogP) is 4.25. The summed E-state index contributed by atoms with van der Waals surface area (Å²) < 4.78 is 20.2. The number of ether oxygens (including phenoxy) is 1. The summed E-state index contributed by atoms with van der Waals surface area (Å²) in [6.45, 7) is 8.32. The summed E-state index contributed by atoms with van der Waals surface area (Å²) >= 11 is 0. The molecule has 3 aliphatic rings. The molecule has 0 spiro atoms. The van der Waals surface area contributed by atoms with E-state index in [1.165, 1.54) is 6.08 Å². The minimum atomic E-state index is -0.845. The van der Waals surface area contributed by atoms with Crippen molar-refractivity contribution in [3.05, 3.63) is 65.9 Å². The van der Waals surface area contributed by atoms with Gasteiger partial charge >= 0.3 is 6.01 Å². The Kier molecular flexibility index (Phi) is 7.55. The van der Waals surface area contributed by atoms with Crippen LogP contribution in [0.5, 0.6) is 11.8 Å². The zero-order valence-corrected chi connectivity index (χ0v) is 23.8. The zero-order valence-electron chi connectivity index (χ0n) is 23.8. The van der Waals surface area contributed by atoms with E-state index in [1.807, 2.05) is 47.2 Å². The quantitative estimate of drug-likeness (QED) is 0.452. The monoisotopic (exact) mass is 559 g/mol. The number of anilines is 1. The molecule has 9 heteroatoms. The number of alkyl halides is 1. The summed E-state index contributed by atoms with van der Waals surface area (Å²) in [6.07, 6.45) is 3.37. The highest BCUT2D eigenvalue weighted by atomic mass is 19.1. The summed E-state index contributed by atoms with van der Waals surface area (Å²) in [5, 5.41) is 12.7. The van der Waals surface area contributed by atoms with Gasteiger partial charge in [-0.25, -0.2) is 4.39 Å². The highest BCUT2D eigenvalue weighted by Gasteiger charge is 2.34. The van der Waals surface area contributed by atoms with Gasteiger partial charge in [0.05, 0.1) is 5.69 Å². The molecule has 1 aliphatic carbocycles. The van der Waals surface area contributed by atoms with Crippen LogP contribution in [0.25, 0.3) is 10.8 Å². The molecular formula is C32H38FN5O3. The number of benzene rings is 2. The number of aromatic nitrogens is 2. The number of phenols is 1. The van der Waals surface area contributed by atoms with E-state index >= 15 is 0 Å². The number of halogens is 1. The van der Waals surface area contributed by atoms with E-state index in [-0.39, 0.29) is 29.7 Å². The molecule has 41 heavy (non-hydrogen) atoms. The lowest BCUT2D eigenvalue weighted by atomic mass is 9.80.